The Hall–Kier alpha value is -0.800. The molecule has 0 radical (unpaired) electrons. The number of hydrogen-bond acceptors (Lipinski definition) is 3. The summed E-state index contributed by atoms with van der Waals surface area (Å²) in [5.41, 5.74) is 1.30. The minimum atomic E-state index is 0.517. The van der Waals surface area contributed by atoms with Gasteiger partial charge in [0.25, 0.3) is 0 Å². The molecule has 1 aromatic heterocycles. The van der Waals surface area contributed by atoms with Crippen LogP contribution in [0.2, 0.25) is 0 Å². The van der Waals surface area contributed by atoms with Crippen molar-refractivity contribution >= 4 is 0 Å². The third kappa shape index (κ3) is 3.58. The minimum Gasteiger partial charge on any atom is -0.468 e. The van der Waals surface area contributed by atoms with Gasteiger partial charge in [-0.15, -0.1) is 0 Å². The number of nitrogens with zero attached hydrogens (tertiary/aromatic N) is 1. The zero-order valence-electron chi connectivity index (χ0n) is 11.2. The quantitative estimate of drug-likeness (QED) is 0.789. The first kappa shape index (κ1) is 12.7. The van der Waals surface area contributed by atoms with Crippen LogP contribution in [0.5, 0.6) is 0 Å². The molecule has 0 aliphatic heterocycles. The zero-order chi connectivity index (χ0) is 12.3. The summed E-state index contributed by atoms with van der Waals surface area (Å²) >= 11 is 0. The van der Waals surface area contributed by atoms with Crippen molar-refractivity contribution in [2.24, 2.45) is 0 Å². The van der Waals surface area contributed by atoms with E-state index in [1.54, 1.807) is 0 Å². The fraction of sp³-hybridized carbons (Fsp3) is 0.714. The third-order valence-electron chi connectivity index (χ3n) is 3.35. The van der Waals surface area contributed by atoms with Crippen LogP contribution in [0.1, 0.15) is 44.9 Å². The molecule has 1 aliphatic rings. The van der Waals surface area contributed by atoms with Gasteiger partial charge in [-0.3, -0.25) is 4.90 Å². The van der Waals surface area contributed by atoms with Crippen LogP contribution in [-0.2, 0) is 13.1 Å². The molecule has 3 nitrogen and oxygen atoms in total. The number of furan rings is 1. The Morgan fingerprint density at radius 3 is 2.82 bits per heavy atom. The van der Waals surface area contributed by atoms with Crippen LogP contribution in [-0.4, -0.2) is 23.5 Å². The Labute approximate surface area is 104 Å². The lowest BCUT2D eigenvalue weighted by molar-refractivity contribution is 0.244. The van der Waals surface area contributed by atoms with Gasteiger partial charge in [-0.05, 0) is 25.5 Å². The summed E-state index contributed by atoms with van der Waals surface area (Å²) < 4.78 is 5.63. The van der Waals surface area contributed by atoms with Gasteiger partial charge < -0.3 is 9.73 Å². The van der Waals surface area contributed by atoms with E-state index in [0.717, 1.165) is 31.4 Å². The van der Waals surface area contributed by atoms with Gasteiger partial charge in [-0.2, -0.15) is 0 Å². The molecule has 1 heterocycles. The second-order valence-corrected chi connectivity index (χ2v) is 5.20. The fourth-order valence-electron chi connectivity index (χ4n) is 2.10. The molecule has 0 aromatic carbocycles. The standard InChI is InChI=1S/C14H24N2O/c1-4-16(13-5-6-13)10-14-12(7-8-17-14)9-15-11(2)3/h7-8,11,13,15H,4-6,9-10H2,1-3H3. The summed E-state index contributed by atoms with van der Waals surface area (Å²) in [5, 5.41) is 3.45. The first-order valence-electron chi connectivity index (χ1n) is 6.73. The van der Waals surface area contributed by atoms with Crippen LogP contribution in [0, 0.1) is 0 Å². The predicted molar refractivity (Wildman–Crippen MR) is 69.8 cm³/mol. The Kier molecular flexibility index (Phi) is 4.24. The van der Waals surface area contributed by atoms with Gasteiger partial charge in [0, 0.05) is 24.2 Å². The Morgan fingerprint density at radius 1 is 1.47 bits per heavy atom. The van der Waals surface area contributed by atoms with Crippen molar-refractivity contribution < 1.29 is 4.42 Å². The van der Waals surface area contributed by atoms with Crippen LogP contribution < -0.4 is 5.32 Å². The van der Waals surface area contributed by atoms with Gasteiger partial charge in [0.05, 0.1) is 12.8 Å². The van der Waals surface area contributed by atoms with E-state index in [2.05, 4.69) is 37.1 Å². The van der Waals surface area contributed by atoms with Crippen molar-refractivity contribution in [1.82, 2.24) is 10.2 Å². The molecule has 0 unspecified atom stereocenters. The normalized spacial score (nSPS) is 16.1. The molecular formula is C14H24N2O. The maximum atomic E-state index is 5.63. The first-order valence-corrected chi connectivity index (χ1v) is 6.73. The third-order valence-corrected chi connectivity index (χ3v) is 3.35. The van der Waals surface area contributed by atoms with Crippen molar-refractivity contribution in [3.05, 3.63) is 23.7 Å². The first-order chi connectivity index (χ1) is 8.20. The summed E-state index contributed by atoms with van der Waals surface area (Å²) in [6.45, 7) is 9.55. The van der Waals surface area contributed by atoms with Crippen LogP contribution in [0.15, 0.2) is 16.7 Å². The summed E-state index contributed by atoms with van der Waals surface area (Å²) in [7, 11) is 0. The number of hydrogen-bond donors (Lipinski definition) is 1. The summed E-state index contributed by atoms with van der Waals surface area (Å²) in [5.74, 6) is 1.13. The molecule has 0 spiro atoms. The van der Waals surface area contributed by atoms with Crippen LogP contribution in [0.25, 0.3) is 0 Å². The molecule has 0 saturated heterocycles. The van der Waals surface area contributed by atoms with Crippen LogP contribution in [0.3, 0.4) is 0 Å². The molecule has 3 heteroatoms. The number of nitrogens with one attached hydrogen (secondary N) is 1. The lowest BCUT2D eigenvalue weighted by atomic mass is 10.2. The Bertz CT molecular complexity index is 342. The molecule has 2 rings (SSSR count). The zero-order valence-corrected chi connectivity index (χ0v) is 11.2. The van der Waals surface area contributed by atoms with E-state index in [9.17, 15) is 0 Å². The smallest absolute Gasteiger partial charge is 0.122 e. The molecule has 0 amide bonds. The van der Waals surface area contributed by atoms with Gasteiger partial charge in [-0.1, -0.05) is 20.8 Å². The van der Waals surface area contributed by atoms with Gasteiger partial charge in [-0.25, -0.2) is 0 Å². The van der Waals surface area contributed by atoms with Crippen molar-refractivity contribution in [3.63, 3.8) is 0 Å². The molecular weight excluding hydrogens is 212 g/mol. The average molecular weight is 236 g/mol. The van der Waals surface area contributed by atoms with Gasteiger partial charge in [0.1, 0.15) is 5.76 Å². The van der Waals surface area contributed by atoms with E-state index < -0.39 is 0 Å². The van der Waals surface area contributed by atoms with Gasteiger partial charge in [0.2, 0.25) is 0 Å². The molecule has 96 valence electrons. The predicted octanol–water partition coefficient (Wildman–Crippen LogP) is 2.76. The molecule has 0 atom stereocenters. The van der Waals surface area contributed by atoms with E-state index in [1.165, 1.54) is 18.4 Å². The monoisotopic (exact) mass is 236 g/mol. The summed E-state index contributed by atoms with van der Waals surface area (Å²) in [4.78, 5) is 2.51. The highest BCUT2D eigenvalue weighted by atomic mass is 16.3. The van der Waals surface area contributed by atoms with E-state index in [-0.39, 0.29) is 0 Å². The fourth-order valence-corrected chi connectivity index (χ4v) is 2.10. The maximum absolute atomic E-state index is 5.63. The minimum absolute atomic E-state index is 0.517. The second kappa shape index (κ2) is 5.69. The van der Waals surface area contributed by atoms with E-state index >= 15 is 0 Å². The van der Waals surface area contributed by atoms with Crippen molar-refractivity contribution in [3.8, 4) is 0 Å². The van der Waals surface area contributed by atoms with Gasteiger partial charge in [0.15, 0.2) is 0 Å². The van der Waals surface area contributed by atoms with E-state index in [4.69, 9.17) is 4.42 Å². The topological polar surface area (TPSA) is 28.4 Å². The van der Waals surface area contributed by atoms with E-state index in [1.807, 2.05) is 6.26 Å². The Morgan fingerprint density at radius 2 is 2.24 bits per heavy atom. The highest BCUT2D eigenvalue weighted by Crippen LogP contribution is 2.28. The molecule has 1 aromatic rings. The van der Waals surface area contributed by atoms with E-state index in [0.29, 0.717) is 6.04 Å². The summed E-state index contributed by atoms with van der Waals surface area (Å²) in [6, 6.07) is 3.41. The van der Waals surface area contributed by atoms with Gasteiger partial charge >= 0.3 is 0 Å². The molecule has 0 bridgehead atoms. The maximum Gasteiger partial charge on any atom is 0.122 e. The average Bonchev–Trinajstić information content (AvgIpc) is 3.04. The van der Waals surface area contributed by atoms with Crippen molar-refractivity contribution in [2.75, 3.05) is 6.54 Å². The van der Waals surface area contributed by atoms with Crippen LogP contribution >= 0.6 is 0 Å². The SMILES string of the molecule is CCN(Cc1occc1CNC(C)C)C1CC1. The molecule has 1 saturated carbocycles. The highest BCUT2D eigenvalue weighted by molar-refractivity contribution is 5.17. The largest absolute Gasteiger partial charge is 0.468 e. The van der Waals surface area contributed by atoms with Crippen LogP contribution in [0.4, 0.5) is 0 Å². The highest BCUT2D eigenvalue weighted by Gasteiger charge is 2.28. The lowest BCUT2D eigenvalue weighted by Crippen LogP contribution is -2.26. The molecule has 1 N–H and O–H groups in total. The molecule has 17 heavy (non-hydrogen) atoms. The van der Waals surface area contributed by atoms with Crippen molar-refractivity contribution in [2.45, 2.75) is 58.8 Å². The summed E-state index contributed by atoms with van der Waals surface area (Å²) in [6.07, 6.45) is 4.52. The molecule has 1 fully saturated rings. The van der Waals surface area contributed by atoms with Crippen molar-refractivity contribution in [1.29, 1.82) is 0 Å². The lowest BCUT2D eigenvalue weighted by Gasteiger charge is -2.19. The molecule has 1 aliphatic carbocycles. The number of rotatable bonds is 7. The Balaban J connectivity index is 1.92. The second-order valence-electron chi connectivity index (χ2n) is 5.20.